The molecule has 1 aromatic rings. The number of carbonyl (C=O) groups excluding carboxylic acids is 1. The maximum atomic E-state index is 13.1. The fourth-order valence-electron chi connectivity index (χ4n) is 1.66. The van der Waals surface area contributed by atoms with Crippen LogP contribution in [-0.4, -0.2) is 33.7 Å². The number of carbonyl (C=O) groups is 1. The Morgan fingerprint density at radius 1 is 1.62 bits per heavy atom. The van der Waals surface area contributed by atoms with Gasteiger partial charge in [-0.2, -0.15) is 0 Å². The molecule has 1 atom stereocenters. The molecular weight excluding hydrogens is 213 g/mol. The first-order valence-electron chi connectivity index (χ1n) is 5.05. The Morgan fingerprint density at radius 2 is 2.44 bits per heavy atom. The van der Waals surface area contributed by atoms with Crippen LogP contribution in [0.25, 0.3) is 0 Å². The van der Waals surface area contributed by atoms with Gasteiger partial charge in [0.25, 0.3) is 0 Å². The van der Waals surface area contributed by atoms with Gasteiger partial charge < -0.3 is 10.4 Å². The van der Waals surface area contributed by atoms with Gasteiger partial charge in [-0.15, -0.1) is 9.60 Å². The summed E-state index contributed by atoms with van der Waals surface area (Å²) in [4.78, 5) is 15.4. The first-order chi connectivity index (χ1) is 7.66. The number of anilines is 1. The molecule has 86 valence electrons. The van der Waals surface area contributed by atoms with Gasteiger partial charge in [0, 0.05) is 6.54 Å². The van der Waals surface area contributed by atoms with Gasteiger partial charge in [0.05, 0.1) is 6.20 Å². The van der Waals surface area contributed by atoms with Crippen LogP contribution in [0.3, 0.4) is 0 Å². The quantitative estimate of drug-likeness (QED) is 0.739. The number of halogens is 1. The standard InChI is InChI=1S/C10H12FN3O2/c11-14-5-1-2-8(14)10(16)13-9-4-3-7(15)6-12-9/h3-4,6,8,15H,1-2,5H2,(H,12,13,16). The lowest BCUT2D eigenvalue weighted by atomic mass is 10.2. The summed E-state index contributed by atoms with van der Waals surface area (Å²) >= 11 is 0. The smallest absolute Gasteiger partial charge is 0.245 e. The average Bonchev–Trinajstić information content (AvgIpc) is 2.68. The molecule has 1 aromatic heterocycles. The monoisotopic (exact) mass is 225 g/mol. The Morgan fingerprint density at radius 3 is 3.00 bits per heavy atom. The second-order valence-corrected chi connectivity index (χ2v) is 3.67. The first kappa shape index (κ1) is 10.8. The number of aromatic hydroxyl groups is 1. The van der Waals surface area contributed by atoms with E-state index in [-0.39, 0.29) is 5.75 Å². The van der Waals surface area contributed by atoms with Crippen molar-refractivity contribution in [2.24, 2.45) is 0 Å². The largest absolute Gasteiger partial charge is 0.506 e. The van der Waals surface area contributed by atoms with Crippen LogP contribution in [0, 0.1) is 0 Å². The lowest BCUT2D eigenvalue weighted by molar-refractivity contribution is -0.125. The molecule has 1 saturated heterocycles. The average molecular weight is 225 g/mol. The van der Waals surface area contributed by atoms with Crippen LogP contribution in [0.5, 0.6) is 5.75 Å². The molecule has 1 aliphatic rings. The molecule has 0 spiro atoms. The molecule has 0 bridgehead atoms. The molecule has 1 aliphatic heterocycles. The zero-order valence-corrected chi connectivity index (χ0v) is 8.56. The number of amides is 1. The summed E-state index contributed by atoms with van der Waals surface area (Å²) in [5.41, 5.74) is 0. The molecule has 1 amide bonds. The number of aromatic nitrogens is 1. The highest BCUT2D eigenvalue weighted by Crippen LogP contribution is 2.19. The molecule has 2 rings (SSSR count). The lowest BCUT2D eigenvalue weighted by Gasteiger charge is -2.14. The summed E-state index contributed by atoms with van der Waals surface area (Å²) in [6.07, 6.45) is 2.41. The molecule has 6 heteroatoms. The van der Waals surface area contributed by atoms with E-state index in [0.717, 1.165) is 0 Å². The highest BCUT2D eigenvalue weighted by molar-refractivity contribution is 5.94. The number of rotatable bonds is 2. The number of nitrogens with one attached hydrogen (secondary N) is 1. The summed E-state index contributed by atoms with van der Waals surface area (Å²) in [6.45, 7) is 0.293. The second kappa shape index (κ2) is 4.44. The summed E-state index contributed by atoms with van der Waals surface area (Å²) in [5, 5.41) is 12.0. The predicted molar refractivity (Wildman–Crippen MR) is 55.4 cm³/mol. The second-order valence-electron chi connectivity index (χ2n) is 3.67. The Balaban J connectivity index is 1.99. The fraction of sp³-hybridized carbons (Fsp3) is 0.400. The number of hydrogen-bond donors (Lipinski definition) is 2. The fourth-order valence-corrected chi connectivity index (χ4v) is 1.66. The molecular formula is C10H12FN3O2. The maximum absolute atomic E-state index is 13.1. The molecule has 1 fully saturated rings. The minimum absolute atomic E-state index is 0.0194. The minimum Gasteiger partial charge on any atom is -0.506 e. The van der Waals surface area contributed by atoms with Crippen molar-refractivity contribution in [3.63, 3.8) is 0 Å². The third kappa shape index (κ3) is 2.27. The highest BCUT2D eigenvalue weighted by atomic mass is 19.2. The van der Waals surface area contributed by atoms with Crippen molar-refractivity contribution in [1.82, 2.24) is 10.1 Å². The van der Waals surface area contributed by atoms with Crippen LogP contribution < -0.4 is 5.32 Å². The van der Waals surface area contributed by atoms with Crippen molar-refractivity contribution in [1.29, 1.82) is 0 Å². The van der Waals surface area contributed by atoms with Crippen molar-refractivity contribution in [2.75, 3.05) is 11.9 Å². The van der Waals surface area contributed by atoms with E-state index in [9.17, 15) is 9.28 Å². The minimum atomic E-state index is -0.726. The van der Waals surface area contributed by atoms with Crippen molar-refractivity contribution >= 4 is 11.7 Å². The van der Waals surface area contributed by atoms with Crippen molar-refractivity contribution in [2.45, 2.75) is 18.9 Å². The first-order valence-corrected chi connectivity index (χ1v) is 5.05. The molecule has 2 heterocycles. The number of nitrogens with zero attached hydrogens (tertiary/aromatic N) is 2. The van der Waals surface area contributed by atoms with E-state index < -0.39 is 11.9 Å². The van der Waals surface area contributed by atoms with E-state index in [4.69, 9.17) is 5.11 Å². The molecule has 0 saturated carbocycles. The van der Waals surface area contributed by atoms with Crippen molar-refractivity contribution < 1.29 is 14.4 Å². The van der Waals surface area contributed by atoms with E-state index in [1.54, 1.807) is 0 Å². The molecule has 0 radical (unpaired) electrons. The van der Waals surface area contributed by atoms with Crippen LogP contribution in [0.15, 0.2) is 18.3 Å². The van der Waals surface area contributed by atoms with Gasteiger partial charge in [-0.25, -0.2) is 4.98 Å². The molecule has 0 aromatic carbocycles. The molecule has 5 nitrogen and oxygen atoms in total. The number of hydrogen-bond acceptors (Lipinski definition) is 4. The van der Waals surface area contributed by atoms with Crippen LogP contribution in [0.1, 0.15) is 12.8 Å². The van der Waals surface area contributed by atoms with Crippen LogP contribution in [-0.2, 0) is 4.79 Å². The van der Waals surface area contributed by atoms with Gasteiger partial charge in [-0.1, -0.05) is 0 Å². The highest BCUT2D eigenvalue weighted by Gasteiger charge is 2.31. The molecule has 2 N–H and O–H groups in total. The SMILES string of the molecule is O=C(Nc1ccc(O)cn1)C1CCCN1F. The van der Waals surface area contributed by atoms with Gasteiger partial charge in [-0.3, -0.25) is 4.79 Å². The predicted octanol–water partition coefficient (Wildman–Crippen LogP) is 1.07. The van der Waals surface area contributed by atoms with E-state index in [1.807, 2.05) is 0 Å². The van der Waals surface area contributed by atoms with E-state index >= 15 is 0 Å². The summed E-state index contributed by atoms with van der Waals surface area (Å²) in [7, 11) is 0. The molecule has 16 heavy (non-hydrogen) atoms. The Hall–Kier alpha value is -1.69. The Labute approximate surface area is 91.8 Å². The Bertz CT molecular complexity index is 382. The third-order valence-corrected chi connectivity index (χ3v) is 2.49. The molecule has 1 unspecified atom stereocenters. The van der Waals surface area contributed by atoms with Crippen LogP contribution >= 0.6 is 0 Å². The zero-order valence-electron chi connectivity index (χ0n) is 8.56. The van der Waals surface area contributed by atoms with Crippen LogP contribution in [0.4, 0.5) is 10.3 Å². The van der Waals surface area contributed by atoms with E-state index in [2.05, 4.69) is 10.3 Å². The van der Waals surface area contributed by atoms with E-state index in [1.165, 1.54) is 18.3 Å². The van der Waals surface area contributed by atoms with E-state index in [0.29, 0.717) is 30.3 Å². The normalized spacial score (nSPS) is 20.9. The van der Waals surface area contributed by atoms with Crippen LogP contribution in [0.2, 0.25) is 0 Å². The number of pyridine rings is 1. The summed E-state index contributed by atoms with van der Waals surface area (Å²) in [5.74, 6) is -0.0766. The van der Waals surface area contributed by atoms with Gasteiger partial charge in [0.15, 0.2) is 0 Å². The van der Waals surface area contributed by atoms with Gasteiger partial charge in [-0.05, 0) is 25.0 Å². The third-order valence-electron chi connectivity index (χ3n) is 2.49. The molecule has 0 aliphatic carbocycles. The summed E-state index contributed by atoms with van der Waals surface area (Å²) < 4.78 is 13.1. The van der Waals surface area contributed by atoms with Crippen molar-refractivity contribution in [3.05, 3.63) is 18.3 Å². The zero-order chi connectivity index (χ0) is 11.5. The van der Waals surface area contributed by atoms with Crippen molar-refractivity contribution in [3.8, 4) is 5.75 Å². The van der Waals surface area contributed by atoms with Gasteiger partial charge >= 0.3 is 0 Å². The van der Waals surface area contributed by atoms with Gasteiger partial charge in [0.1, 0.15) is 17.6 Å². The Kier molecular flexibility index (Phi) is 3.00. The summed E-state index contributed by atoms with van der Waals surface area (Å²) in [6, 6.07) is 2.14. The lowest BCUT2D eigenvalue weighted by Crippen LogP contribution is -2.35. The van der Waals surface area contributed by atoms with Gasteiger partial charge in [0.2, 0.25) is 5.91 Å². The topological polar surface area (TPSA) is 65.5 Å². The maximum Gasteiger partial charge on any atom is 0.245 e.